The van der Waals surface area contributed by atoms with Crippen LogP contribution in [-0.4, -0.2) is 55.3 Å². The number of carbonyl (C=O) groups is 2. The molecule has 2 fully saturated rings. The summed E-state index contributed by atoms with van der Waals surface area (Å²) in [5.74, 6) is 0.642. The maximum atomic E-state index is 13.0. The van der Waals surface area contributed by atoms with Gasteiger partial charge in [-0.05, 0) is 54.8 Å². The molecule has 0 bridgehead atoms. The van der Waals surface area contributed by atoms with Gasteiger partial charge < -0.3 is 15.1 Å². The molecule has 1 saturated carbocycles. The maximum Gasteiger partial charge on any atom is 0.254 e. The third-order valence-electron chi connectivity index (χ3n) is 6.73. The smallest absolute Gasteiger partial charge is 0.254 e. The van der Waals surface area contributed by atoms with Crippen molar-refractivity contribution in [2.24, 2.45) is 11.3 Å². The average molecular weight is 355 g/mol. The first kappa shape index (κ1) is 17.5. The number of nitrogens with zero attached hydrogens (tertiary/aromatic N) is 2. The normalized spacial score (nSPS) is 24.2. The number of benzene rings is 1. The third kappa shape index (κ3) is 2.82. The standard InChI is InChI=1S/C21H29N3O2/c1-23(2)19(25)16-6-5-7-17-18(16)13-24(20(17)26)12-15-8-11-22-14-21(15)9-3-4-10-21/h5-7,15,22H,3-4,8-14H2,1-2H3. The van der Waals surface area contributed by atoms with Gasteiger partial charge in [-0.1, -0.05) is 18.9 Å². The Bertz CT molecular complexity index is 722. The Morgan fingerprint density at radius 3 is 2.81 bits per heavy atom. The summed E-state index contributed by atoms with van der Waals surface area (Å²) >= 11 is 0. The van der Waals surface area contributed by atoms with Crippen LogP contribution < -0.4 is 5.32 Å². The van der Waals surface area contributed by atoms with E-state index in [4.69, 9.17) is 0 Å². The Hall–Kier alpha value is -1.88. The zero-order valence-corrected chi connectivity index (χ0v) is 15.9. The Labute approximate surface area is 155 Å². The second-order valence-electron chi connectivity index (χ2n) is 8.45. The van der Waals surface area contributed by atoms with Crippen LogP contribution in [-0.2, 0) is 6.54 Å². The Balaban J connectivity index is 1.57. The lowest BCUT2D eigenvalue weighted by Crippen LogP contribution is -2.49. The van der Waals surface area contributed by atoms with Crippen molar-refractivity contribution in [3.05, 3.63) is 34.9 Å². The van der Waals surface area contributed by atoms with Crippen LogP contribution in [0.25, 0.3) is 0 Å². The summed E-state index contributed by atoms with van der Waals surface area (Å²) in [7, 11) is 3.52. The van der Waals surface area contributed by atoms with Crippen molar-refractivity contribution in [1.82, 2.24) is 15.1 Å². The molecule has 2 amide bonds. The highest BCUT2D eigenvalue weighted by atomic mass is 16.2. The van der Waals surface area contributed by atoms with Crippen LogP contribution in [0.15, 0.2) is 18.2 Å². The first-order valence-electron chi connectivity index (χ1n) is 9.85. The van der Waals surface area contributed by atoms with Crippen molar-refractivity contribution in [2.45, 2.75) is 38.6 Å². The van der Waals surface area contributed by atoms with E-state index >= 15 is 0 Å². The van der Waals surface area contributed by atoms with E-state index in [2.05, 4.69) is 5.32 Å². The van der Waals surface area contributed by atoms with Gasteiger partial charge >= 0.3 is 0 Å². The van der Waals surface area contributed by atoms with Crippen LogP contribution in [0, 0.1) is 11.3 Å². The Morgan fingerprint density at radius 1 is 1.31 bits per heavy atom. The molecule has 4 rings (SSSR count). The molecule has 1 N–H and O–H groups in total. The predicted octanol–water partition coefficient (Wildman–Crippen LogP) is 2.51. The zero-order chi connectivity index (χ0) is 18.3. The molecule has 5 nitrogen and oxygen atoms in total. The molecule has 26 heavy (non-hydrogen) atoms. The van der Waals surface area contributed by atoms with Crippen molar-refractivity contribution in [1.29, 1.82) is 0 Å². The highest BCUT2D eigenvalue weighted by Gasteiger charge is 2.44. The molecular weight excluding hydrogens is 326 g/mol. The van der Waals surface area contributed by atoms with Gasteiger partial charge in [0.2, 0.25) is 0 Å². The van der Waals surface area contributed by atoms with Crippen molar-refractivity contribution in [2.75, 3.05) is 33.7 Å². The SMILES string of the molecule is CN(C)C(=O)c1cccc2c1CN(CC1CCNCC13CCCC3)C2=O. The number of rotatable bonds is 3. The summed E-state index contributed by atoms with van der Waals surface area (Å²) < 4.78 is 0. The van der Waals surface area contributed by atoms with Crippen LogP contribution in [0.1, 0.15) is 58.4 Å². The molecule has 1 aromatic rings. The van der Waals surface area contributed by atoms with E-state index in [-0.39, 0.29) is 11.8 Å². The van der Waals surface area contributed by atoms with E-state index in [1.807, 2.05) is 23.1 Å². The van der Waals surface area contributed by atoms with Crippen LogP contribution in [0.4, 0.5) is 0 Å². The van der Waals surface area contributed by atoms with Gasteiger partial charge in [0.05, 0.1) is 0 Å². The largest absolute Gasteiger partial charge is 0.345 e. The van der Waals surface area contributed by atoms with Crippen LogP contribution >= 0.6 is 0 Å². The van der Waals surface area contributed by atoms with Gasteiger partial charge in [-0.2, -0.15) is 0 Å². The van der Waals surface area contributed by atoms with E-state index in [1.54, 1.807) is 19.0 Å². The molecule has 5 heteroatoms. The quantitative estimate of drug-likeness (QED) is 0.906. The number of piperidine rings is 1. The number of hydrogen-bond donors (Lipinski definition) is 1. The lowest BCUT2D eigenvalue weighted by molar-refractivity contribution is 0.0554. The highest BCUT2D eigenvalue weighted by Crippen LogP contribution is 2.47. The van der Waals surface area contributed by atoms with Gasteiger partial charge in [0.1, 0.15) is 0 Å². The number of amides is 2. The van der Waals surface area contributed by atoms with Crippen molar-refractivity contribution >= 4 is 11.8 Å². The predicted molar refractivity (Wildman–Crippen MR) is 101 cm³/mol. The zero-order valence-electron chi connectivity index (χ0n) is 15.9. The highest BCUT2D eigenvalue weighted by molar-refractivity contribution is 6.04. The fourth-order valence-electron chi connectivity index (χ4n) is 5.26. The molecule has 2 aliphatic heterocycles. The minimum absolute atomic E-state index is 0.0226. The molecule has 3 aliphatic rings. The maximum absolute atomic E-state index is 13.0. The topological polar surface area (TPSA) is 52.7 Å². The molecule has 1 spiro atoms. The summed E-state index contributed by atoms with van der Waals surface area (Å²) in [6, 6.07) is 5.55. The lowest BCUT2D eigenvalue weighted by Gasteiger charge is -2.43. The van der Waals surface area contributed by atoms with Gasteiger partial charge in [-0.15, -0.1) is 0 Å². The molecule has 0 aromatic heterocycles. The van der Waals surface area contributed by atoms with E-state index in [1.165, 1.54) is 25.7 Å². The third-order valence-corrected chi connectivity index (χ3v) is 6.73. The molecule has 0 radical (unpaired) electrons. The van der Waals surface area contributed by atoms with Gasteiger partial charge in [-0.3, -0.25) is 9.59 Å². The molecule has 1 saturated heterocycles. The molecular formula is C21H29N3O2. The van der Waals surface area contributed by atoms with Crippen molar-refractivity contribution < 1.29 is 9.59 Å². The van der Waals surface area contributed by atoms with Gasteiger partial charge in [0.15, 0.2) is 0 Å². The lowest BCUT2D eigenvalue weighted by atomic mass is 9.70. The molecule has 1 atom stereocenters. The van der Waals surface area contributed by atoms with Crippen molar-refractivity contribution in [3.63, 3.8) is 0 Å². The van der Waals surface area contributed by atoms with Gasteiger partial charge in [0, 0.05) is 44.9 Å². The summed E-state index contributed by atoms with van der Waals surface area (Å²) in [6.45, 7) is 3.54. The first-order chi connectivity index (χ1) is 12.5. The van der Waals surface area contributed by atoms with E-state index in [9.17, 15) is 9.59 Å². The molecule has 140 valence electrons. The summed E-state index contributed by atoms with van der Waals surface area (Å²) in [5, 5.41) is 3.58. The fraction of sp³-hybridized carbons (Fsp3) is 0.619. The molecule has 2 heterocycles. The summed E-state index contributed by atoms with van der Waals surface area (Å²) in [4.78, 5) is 29.1. The fourth-order valence-corrected chi connectivity index (χ4v) is 5.26. The number of fused-ring (bicyclic) bond motifs is 1. The summed E-state index contributed by atoms with van der Waals surface area (Å²) in [5.41, 5.74) is 2.66. The molecule has 1 aromatic carbocycles. The molecule has 1 unspecified atom stereocenters. The average Bonchev–Trinajstić information content (AvgIpc) is 3.22. The van der Waals surface area contributed by atoms with Crippen LogP contribution in [0.5, 0.6) is 0 Å². The minimum Gasteiger partial charge on any atom is -0.345 e. The number of nitrogens with one attached hydrogen (secondary N) is 1. The second kappa shape index (κ2) is 6.69. The van der Waals surface area contributed by atoms with E-state index < -0.39 is 0 Å². The number of hydrogen-bond acceptors (Lipinski definition) is 3. The van der Waals surface area contributed by atoms with Crippen molar-refractivity contribution in [3.8, 4) is 0 Å². The van der Waals surface area contributed by atoms with Crippen LogP contribution in [0.3, 0.4) is 0 Å². The number of carbonyl (C=O) groups excluding carboxylic acids is 2. The summed E-state index contributed by atoms with van der Waals surface area (Å²) in [6.07, 6.45) is 6.33. The van der Waals surface area contributed by atoms with Crippen LogP contribution in [0.2, 0.25) is 0 Å². The first-order valence-corrected chi connectivity index (χ1v) is 9.85. The van der Waals surface area contributed by atoms with Gasteiger partial charge in [-0.25, -0.2) is 0 Å². The Kier molecular flexibility index (Phi) is 4.51. The van der Waals surface area contributed by atoms with E-state index in [0.717, 1.165) is 31.6 Å². The minimum atomic E-state index is -0.0226. The second-order valence-corrected chi connectivity index (χ2v) is 8.45. The van der Waals surface area contributed by atoms with E-state index in [0.29, 0.717) is 29.0 Å². The van der Waals surface area contributed by atoms with Gasteiger partial charge in [0.25, 0.3) is 11.8 Å². The monoisotopic (exact) mass is 355 g/mol. The molecule has 1 aliphatic carbocycles. The Morgan fingerprint density at radius 2 is 2.08 bits per heavy atom.